The Balaban J connectivity index is 1.64. The van der Waals surface area contributed by atoms with Crippen molar-refractivity contribution in [1.29, 1.82) is 0 Å². The fraction of sp³-hybridized carbons (Fsp3) is 0.143. The Labute approximate surface area is 214 Å². The number of rotatable bonds is 3. The van der Waals surface area contributed by atoms with Crippen LogP contribution in [-0.2, 0) is 6.42 Å². The molecule has 1 aliphatic carbocycles. The van der Waals surface area contributed by atoms with Gasteiger partial charge in [-0.2, -0.15) is 0 Å². The van der Waals surface area contributed by atoms with Gasteiger partial charge in [-0.1, -0.05) is 63.7 Å². The number of aromatic hydroxyl groups is 1. The molecular formula is C28H21BrN2O3S. The predicted octanol–water partition coefficient (Wildman–Crippen LogP) is 4.80. The minimum atomic E-state index is -0.275. The molecule has 0 fully saturated rings. The molecular weight excluding hydrogens is 524 g/mol. The summed E-state index contributed by atoms with van der Waals surface area (Å²) in [6.07, 6.45) is 3.47. The molecule has 1 atom stereocenters. The van der Waals surface area contributed by atoms with Gasteiger partial charge in [-0.05, 0) is 65.9 Å². The Morgan fingerprint density at radius 1 is 1.11 bits per heavy atom. The van der Waals surface area contributed by atoms with Gasteiger partial charge in [0.15, 0.2) is 4.80 Å². The Bertz CT molecular complexity index is 1700. The largest absolute Gasteiger partial charge is 0.507 e. The lowest BCUT2D eigenvalue weighted by molar-refractivity contribution is 0.413. The van der Waals surface area contributed by atoms with Crippen LogP contribution in [0.15, 0.2) is 86.6 Å². The number of halogens is 1. The van der Waals surface area contributed by atoms with Crippen LogP contribution in [0.3, 0.4) is 0 Å². The third-order valence-corrected chi connectivity index (χ3v) is 8.03. The summed E-state index contributed by atoms with van der Waals surface area (Å²) in [7, 11) is 1.65. The molecule has 2 heterocycles. The summed E-state index contributed by atoms with van der Waals surface area (Å²) >= 11 is 4.79. The van der Waals surface area contributed by atoms with Gasteiger partial charge >= 0.3 is 0 Å². The van der Waals surface area contributed by atoms with Crippen molar-refractivity contribution in [3.05, 3.63) is 119 Å². The zero-order valence-electron chi connectivity index (χ0n) is 18.9. The van der Waals surface area contributed by atoms with Gasteiger partial charge in [-0.3, -0.25) is 9.36 Å². The van der Waals surface area contributed by atoms with Crippen molar-refractivity contribution in [2.75, 3.05) is 7.11 Å². The molecule has 174 valence electrons. The van der Waals surface area contributed by atoms with Crippen LogP contribution >= 0.6 is 27.3 Å². The zero-order chi connectivity index (χ0) is 24.1. The molecule has 0 unspecified atom stereocenters. The molecule has 0 radical (unpaired) electrons. The third-order valence-electron chi connectivity index (χ3n) is 6.56. The number of benzene rings is 3. The van der Waals surface area contributed by atoms with Crippen LogP contribution in [0.1, 0.15) is 34.7 Å². The molecule has 6 rings (SSSR count). The third kappa shape index (κ3) is 3.75. The van der Waals surface area contributed by atoms with E-state index in [1.165, 1.54) is 16.9 Å². The van der Waals surface area contributed by atoms with Gasteiger partial charge in [-0.15, -0.1) is 0 Å². The number of allylic oxidation sites excluding steroid dienone is 1. The predicted molar refractivity (Wildman–Crippen MR) is 142 cm³/mol. The van der Waals surface area contributed by atoms with Crippen molar-refractivity contribution in [3.63, 3.8) is 0 Å². The lowest BCUT2D eigenvalue weighted by Crippen LogP contribution is -2.38. The number of phenolic OH excluding ortho intramolecular Hbond substituents is 1. The van der Waals surface area contributed by atoms with E-state index < -0.39 is 0 Å². The molecule has 4 aromatic rings. The van der Waals surface area contributed by atoms with Crippen molar-refractivity contribution in [3.8, 4) is 11.5 Å². The number of hydrogen-bond donors (Lipinski definition) is 1. The van der Waals surface area contributed by atoms with Gasteiger partial charge < -0.3 is 9.84 Å². The minimum absolute atomic E-state index is 0.119. The van der Waals surface area contributed by atoms with Gasteiger partial charge in [-0.25, -0.2) is 4.99 Å². The fourth-order valence-electron chi connectivity index (χ4n) is 4.92. The molecule has 7 heteroatoms. The summed E-state index contributed by atoms with van der Waals surface area (Å²) < 4.78 is 8.66. The molecule has 1 N–H and O–H groups in total. The SMILES string of the molecule is COc1cccc([C@H]2C3=C(N=c4s/c(=C\c5cc(Br)ccc5O)c(=O)n42)c2ccccc2CC3)c1. The highest BCUT2D eigenvalue weighted by atomic mass is 79.9. The van der Waals surface area contributed by atoms with Crippen LogP contribution in [-0.4, -0.2) is 16.8 Å². The summed E-state index contributed by atoms with van der Waals surface area (Å²) in [5.41, 5.74) is 5.95. The summed E-state index contributed by atoms with van der Waals surface area (Å²) in [4.78, 5) is 19.5. The van der Waals surface area contributed by atoms with E-state index in [0.717, 1.165) is 45.5 Å². The standard InChI is InChI=1S/C28H21BrN2O3S/c1-34-20-7-4-6-17(14-20)26-22-11-9-16-5-2-3-8-21(16)25(22)30-28-31(26)27(33)24(35-28)15-18-13-19(29)10-12-23(18)32/h2-8,10,12-15,26,32H,9,11H2,1H3/b24-15-/t26-/m0/s1. The summed E-state index contributed by atoms with van der Waals surface area (Å²) in [5.74, 6) is 0.871. The molecule has 0 bridgehead atoms. The van der Waals surface area contributed by atoms with Gasteiger partial charge in [0.1, 0.15) is 11.5 Å². The second-order valence-corrected chi connectivity index (χ2v) is 10.5. The number of aryl methyl sites for hydroxylation is 1. The normalized spacial score (nSPS) is 16.9. The van der Waals surface area contributed by atoms with E-state index in [9.17, 15) is 9.90 Å². The topological polar surface area (TPSA) is 63.8 Å². The Kier molecular flexibility index (Phi) is 5.46. The molecule has 0 amide bonds. The quantitative estimate of drug-likeness (QED) is 0.403. The summed E-state index contributed by atoms with van der Waals surface area (Å²) in [6.45, 7) is 0. The van der Waals surface area contributed by atoms with Crippen LogP contribution in [0.25, 0.3) is 11.8 Å². The number of methoxy groups -OCH3 is 1. The molecule has 3 aromatic carbocycles. The van der Waals surface area contributed by atoms with Gasteiger partial charge in [0.25, 0.3) is 5.56 Å². The second kappa shape index (κ2) is 8.66. The van der Waals surface area contributed by atoms with Gasteiger partial charge in [0.2, 0.25) is 0 Å². The van der Waals surface area contributed by atoms with E-state index in [2.05, 4.69) is 34.1 Å². The molecule has 0 saturated carbocycles. The average molecular weight is 545 g/mol. The van der Waals surface area contributed by atoms with E-state index in [1.54, 1.807) is 36.0 Å². The minimum Gasteiger partial charge on any atom is -0.507 e. The van der Waals surface area contributed by atoms with Crippen molar-refractivity contribution >= 4 is 39.0 Å². The highest BCUT2D eigenvalue weighted by Crippen LogP contribution is 2.41. The lowest BCUT2D eigenvalue weighted by atomic mass is 9.83. The smallest absolute Gasteiger partial charge is 0.271 e. The number of ether oxygens (including phenoxy) is 1. The van der Waals surface area contributed by atoms with E-state index in [-0.39, 0.29) is 17.4 Å². The molecule has 1 aromatic heterocycles. The van der Waals surface area contributed by atoms with Crippen LogP contribution < -0.4 is 19.6 Å². The maximum Gasteiger partial charge on any atom is 0.271 e. The molecule has 5 nitrogen and oxygen atoms in total. The summed E-state index contributed by atoms with van der Waals surface area (Å²) in [6, 6.07) is 21.2. The Morgan fingerprint density at radius 2 is 1.97 bits per heavy atom. The second-order valence-electron chi connectivity index (χ2n) is 8.59. The van der Waals surface area contributed by atoms with Crippen LogP contribution in [0, 0.1) is 0 Å². The maximum atomic E-state index is 13.8. The first kappa shape index (κ1) is 22.1. The monoisotopic (exact) mass is 544 g/mol. The first-order valence-corrected chi connectivity index (χ1v) is 12.9. The molecule has 2 aliphatic rings. The molecule has 1 aliphatic heterocycles. The van der Waals surface area contributed by atoms with E-state index in [4.69, 9.17) is 9.73 Å². The number of phenols is 1. The number of hydrogen-bond acceptors (Lipinski definition) is 5. The Hall–Kier alpha value is -3.42. The highest BCUT2D eigenvalue weighted by molar-refractivity contribution is 9.10. The van der Waals surface area contributed by atoms with Crippen LogP contribution in [0.4, 0.5) is 0 Å². The first-order chi connectivity index (χ1) is 17.0. The van der Waals surface area contributed by atoms with Crippen molar-refractivity contribution in [2.45, 2.75) is 18.9 Å². The first-order valence-electron chi connectivity index (χ1n) is 11.3. The fourth-order valence-corrected chi connectivity index (χ4v) is 6.29. The van der Waals surface area contributed by atoms with Gasteiger partial charge in [0, 0.05) is 15.6 Å². The number of fused-ring (bicyclic) bond motifs is 3. The van der Waals surface area contributed by atoms with Crippen molar-refractivity contribution in [1.82, 2.24) is 4.57 Å². The molecule has 35 heavy (non-hydrogen) atoms. The zero-order valence-corrected chi connectivity index (χ0v) is 21.3. The lowest BCUT2D eigenvalue weighted by Gasteiger charge is -2.31. The van der Waals surface area contributed by atoms with Crippen molar-refractivity contribution < 1.29 is 9.84 Å². The average Bonchev–Trinajstić information content (AvgIpc) is 3.19. The maximum absolute atomic E-state index is 13.8. The van der Waals surface area contributed by atoms with E-state index in [1.807, 2.05) is 30.3 Å². The number of thiazole rings is 1. The highest BCUT2D eigenvalue weighted by Gasteiger charge is 2.32. The van der Waals surface area contributed by atoms with Crippen molar-refractivity contribution in [2.24, 2.45) is 4.99 Å². The van der Waals surface area contributed by atoms with Crippen LogP contribution in [0.2, 0.25) is 0 Å². The molecule has 0 spiro atoms. The van der Waals surface area contributed by atoms with Gasteiger partial charge in [0.05, 0.1) is 23.4 Å². The van der Waals surface area contributed by atoms with E-state index in [0.29, 0.717) is 14.9 Å². The van der Waals surface area contributed by atoms with E-state index >= 15 is 0 Å². The van der Waals surface area contributed by atoms with Crippen LogP contribution in [0.5, 0.6) is 11.5 Å². The number of nitrogens with zero attached hydrogens (tertiary/aromatic N) is 2. The molecule has 0 saturated heterocycles. The summed E-state index contributed by atoms with van der Waals surface area (Å²) in [5, 5.41) is 10.4. The Morgan fingerprint density at radius 3 is 2.83 bits per heavy atom. The number of aromatic nitrogens is 1.